The van der Waals surface area contributed by atoms with Crippen molar-refractivity contribution >= 4 is 26.6 Å². The van der Waals surface area contributed by atoms with Crippen LogP contribution in [0.2, 0.25) is 0 Å². The van der Waals surface area contributed by atoms with E-state index in [0.29, 0.717) is 0 Å². The van der Waals surface area contributed by atoms with Crippen LogP contribution in [0.3, 0.4) is 0 Å². The van der Waals surface area contributed by atoms with Gasteiger partial charge in [0.1, 0.15) is 5.04 Å². The van der Waals surface area contributed by atoms with Crippen LogP contribution in [-0.4, -0.2) is 23.9 Å². The van der Waals surface area contributed by atoms with Crippen LogP contribution in [0.25, 0.3) is 0 Å². The van der Waals surface area contributed by atoms with E-state index in [1.54, 1.807) is 21.6 Å². The summed E-state index contributed by atoms with van der Waals surface area (Å²) in [6.07, 6.45) is 5.33. The molecule has 11 heavy (non-hydrogen) atoms. The summed E-state index contributed by atoms with van der Waals surface area (Å²) < 4.78 is 0. The predicted molar refractivity (Wildman–Crippen MR) is 55.2 cm³/mol. The average molecular weight is 188 g/mol. The maximum absolute atomic E-state index is 5.35. The van der Waals surface area contributed by atoms with E-state index < -0.39 is 0 Å². The van der Waals surface area contributed by atoms with Crippen molar-refractivity contribution in [2.45, 2.75) is 6.42 Å². The van der Waals surface area contributed by atoms with Gasteiger partial charge in [0.15, 0.2) is 0 Å². The van der Waals surface area contributed by atoms with E-state index in [0.717, 1.165) is 30.3 Å². The van der Waals surface area contributed by atoms with E-state index in [4.69, 9.17) is 5.73 Å². The lowest BCUT2D eigenvalue weighted by Crippen LogP contribution is -2.01. The molecule has 1 heterocycles. The monoisotopic (exact) mass is 188 g/mol. The van der Waals surface area contributed by atoms with Crippen molar-refractivity contribution in [1.82, 2.24) is 0 Å². The van der Waals surface area contributed by atoms with Crippen molar-refractivity contribution in [3.05, 3.63) is 12.2 Å². The number of hydrogen-bond acceptors (Lipinski definition) is 4. The molecule has 0 aliphatic carbocycles. The topological polar surface area (TPSA) is 38.4 Å². The second-order valence-electron chi connectivity index (χ2n) is 2.10. The summed E-state index contributed by atoms with van der Waals surface area (Å²) in [6, 6.07) is 0. The molecule has 2 nitrogen and oxygen atoms in total. The number of hydrogen-bond donors (Lipinski definition) is 1. The molecule has 0 saturated carbocycles. The molecule has 2 N–H and O–H groups in total. The minimum Gasteiger partial charge on any atom is -0.330 e. The Hall–Kier alpha value is 0.0700. The minimum atomic E-state index is 0.745. The van der Waals surface area contributed by atoms with Gasteiger partial charge in [0.2, 0.25) is 0 Å². The fourth-order valence-corrected chi connectivity index (χ4v) is 2.51. The molecular formula is C7H12N2S2. The second kappa shape index (κ2) is 5.69. The van der Waals surface area contributed by atoms with Gasteiger partial charge in [-0.05, 0) is 23.3 Å². The molecule has 0 saturated heterocycles. The summed E-state index contributed by atoms with van der Waals surface area (Å²) in [4.78, 5) is 4.33. The van der Waals surface area contributed by atoms with Gasteiger partial charge in [-0.25, -0.2) is 0 Å². The van der Waals surface area contributed by atoms with Gasteiger partial charge in [0.25, 0.3) is 0 Å². The first-order chi connectivity index (χ1) is 5.43. The summed E-state index contributed by atoms with van der Waals surface area (Å²) in [5, 5.41) is 1.13. The van der Waals surface area contributed by atoms with Crippen molar-refractivity contribution in [2.75, 3.05) is 18.8 Å². The molecule has 1 aliphatic rings. The Morgan fingerprint density at radius 2 is 2.55 bits per heavy atom. The fourth-order valence-electron chi connectivity index (χ4n) is 0.690. The molecule has 0 radical (unpaired) electrons. The van der Waals surface area contributed by atoms with Gasteiger partial charge in [-0.2, -0.15) is 0 Å². The Morgan fingerprint density at radius 1 is 1.64 bits per heavy atom. The summed E-state index contributed by atoms with van der Waals surface area (Å²) in [5.41, 5.74) is 5.35. The quantitative estimate of drug-likeness (QED) is 0.541. The predicted octanol–water partition coefficient (Wildman–Crippen LogP) is 1.68. The third kappa shape index (κ3) is 3.84. The van der Waals surface area contributed by atoms with Crippen LogP contribution in [-0.2, 0) is 0 Å². The molecule has 0 unspecified atom stereocenters. The van der Waals surface area contributed by atoms with E-state index in [9.17, 15) is 0 Å². The highest BCUT2D eigenvalue weighted by Crippen LogP contribution is 2.24. The molecule has 1 aliphatic heterocycles. The summed E-state index contributed by atoms with van der Waals surface area (Å²) in [7, 11) is 3.49. The van der Waals surface area contributed by atoms with Gasteiger partial charge in [-0.3, -0.25) is 4.99 Å². The van der Waals surface area contributed by atoms with Gasteiger partial charge in [0, 0.05) is 18.8 Å². The molecule has 0 aromatic carbocycles. The highest BCUT2D eigenvalue weighted by Gasteiger charge is 1.98. The maximum atomic E-state index is 5.35. The Kier molecular flexibility index (Phi) is 4.74. The van der Waals surface area contributed by atoms with Crippen LogP contribution < -0.4 is 5.73 Å². The molecule has 0 amide bonds. The minimum absolute atomic E-state index is 0.745. The van der Waals surface area contributed by atoms with E-state index in [2.05, 4.69) is 17.1 Å². The maximum Gasteiger partial charge on any atom is 0.101 e. The zero-order chi connectivity index (χ0) is 7.94. The largest absolute Gasteiger partial charge is 0.330 e. The number of nitrogens with zero attached hydrogens (tertiary/aromatic N) is 1. The number of rotatable bonds is 3. The fraction of sp³-hybridized carbons (Fsp3) is 0.571. The molecule has 0 fully saturated rings. The lowest BCUT2D eigenvalue weighted by molar-refractivity contribution is 1.000. The van der Waals surface area contributed by atoms with E-state index in [-0.39, 0.29) is 0 Å². The van der Waals surface area contributed by atoms with Crippen molar-refractivity contribution < 1.29 is 0 Å². The first-order valence-corrected chi connectivity index (χ1v) is 5.96. The lowest BCUT2D eigenvalue weighted by atomic mass is 10.3. The van der Waals surface area contributed by atoms with Crippen LogP contribution in [0.4, 0.5) is 0 Å². The van der Waals surface area contributed by atoms with Crippen molar-refractivity contribution in [3.8, 4) is 0 Å². The highest BCUT2D eigenvalue weighted by atomic mass is 33.1. The Balaban J connectivity index is 2.15. The van der Waals surface area contributed by atoms with Crippen molar-refractivity contribution in [1.29, 1.82) is 0 Å². The van der Waals surface area contributed by atoms with Crippen LogP contribution in [0.15, 0.2) is 17.1 Å². The van der Waals surface area contributed by atoms with Gasteiger partial charge in [-0.1, -0.05) is 16.9 Å². The smallest absolute Gasteiger partial charge is 0.101 e. The first-order valence-electron chi connectivity index (χ1n) is 3.64. The third-order valence-electron chi connectivity index (χ3n) is 1.17. The van der Waals surface area contributed by atoms with Crippen LogP contribution in [0.5, 0.6) is 0 Å². The Morgan fingerprint density at radius 3 is 3.18 bits per heavy atom. The second-order valence-corrected chi connectivity index (χ2v) is 4.54. The molecule has 0 spiro atoms. The summed E-state index contributed by atoms with van der Waals surface area (Å²) in [6.45, 7) is 1.69. The number of nitrogens with two attached hydrogens (primary N) is 1. The molecular weight excluding hydrogens is 176 g/mol. The zero-order valence-corrected chi connectivity index (χ0v) is 7.96. The third-order valence-corrected chi connectivity index (χ3v) is 3.49. The highest BCUT2D eigenvalue weighted by molar-refractivity contribution is 8.82. The Labute approximate surface area is 75.1 Å². The van der Waals surface area contributed by atoms with E-state index in [1.165, 1.54) is 0 Å². The molecule has 4 heteroatoms. The van der Waals surface area contributed by atoms with Crippen molar-refractivity contribution in [3.63, 3.8) is 0 Å². The zero-order valence-electron chi connectivity index (χ0n) is 6.32. The van der Waals surface area contributed by atoms with E-state index in [1.807, 2.05) is 0 Å². The van der Waals surface area contributed by atoms with E-state index >= 15 is 0 Å². The molecule has 1 rings (SSSR count). The molecule has 0 atom stereocenters. The first kappa shape index (κ1) is 9.16. The van der Waals surface area contributed by atoms with Gasteiger partial charge in [0.05, 0.1) is 0 Å². The van der Waals surface area contributed by atoms with Crippen LogP contribution in [0.1, 0.15) is 6.42 Å². The summed E-state index contributed by atoms with van der Waals surface area (Å²) >= 11 is 0. The lowest BCUT2D eigenvalue weighted by Gasteiger charge is -2.03. The molecule has 0 bridgehead atoms. The number of dihydropyridines is 1. The molecule has 62 valence electrons. The Bertz CT molecular complexity index is 166. The number of aliphatic imine (C=N–C) groups is 1. The summed E-state index contributed by atoms with van der Waals surface area (Å²) in [5.74, 6) is 0.998. The van der Waals surface area contributed by atoms with Gasteiger partial charge < -0.3 is 5.73 Å². The average Bonchev–Trinajstić information content (AvgIpc) is 2.07. The standard InChI is InChI=1S/C7H12N2S2/c8-4-6-10-11-7-3-1-2-5-9-7/h1,3H,2,4-6,8H2. The SMILES string of the molecule is NCCSSC1=NCCC=C1. The normalized spacial score (nSPS) is 16.6. The van der Waals surface area contributed by atoms with Crippen LogP contribution in [0, 0.1) is 0 Å². The van der Waals surface area contributed by atoms with Gasteiger partial charge >= 0.3 is 0 Å². The van der Waals surface area contributed by atoms with Crippen LogP contribution >= 0.6 is 21.6 Å². The van der Waals surface area contributed by atoms with Crippen molar-refractivity contribution in [2.24, 2.45) is 10.7 Å². The molecule has 0 aromatic heterocycles. The molecule has 0 aromatic rings. The van der Waals surface area contributed by atoms with Gasteiger partial charge in [-0.15, -0.1) is 0 Å².